The molecule has 2 aromatic rings. The molecule has 0 saturated carbocycles. The van der Waals surface area contributed by atoms with Crippen molar-refractivity contribution in [1.82, 2.24) is 0 Å². The van der Waals surface area contributed by atoms with E-state index in [1.165, 1.54) is 324 Å². The molecule has 0 saturated heterocycles. The first-order valence-electron chi connectivity index (χ1n) is 29.5. The molecule has 0 spiro atoms. The van der Waals surface area contributed by atoms with Gasteiger partial charge in [0.15, 0.2) is 0 Å². The lowest BCUT2D eigenvalue weighted by Gasteiger charge is -2.40. The lowest BCUT2D eigenvalue weighted by atomic mass is 10.0. The Hall–Kier alpha value is -2.31. The molecule has 0 radical (unpaired) electrons. The van der Waals surface area contributed by atoms with Crippen LogP contribution in [0.25, 0.3) is 0 Å². The van der Waals surface area contributed by atoms with E-state index < -0.39 is 11.9 Å². The van der Waals surface area contributed by atoms with Crippen LogP contribution in [0.2, 0.25) is 0 Å². The number of quaternary nitrogens is 1. The normalized spacial score (nSPS) is 11.5. The van der Waals surface area contributed by atoms with Gasteiger partial charge in [-0.15, -0.1) is 0 Å². The van der Waals surface area contributed by atoms with Crippen LogP contribution in [-0.4, -0.2) is 47.7 Å². The van der Waals surface area contributed by atoms with Gasteiger partial charge in [-0.1, -0.05) is 257 Å². The Labute approximate surface area is 426 Å². The first kappa shape index (κ1) is 63.7. The smallest absolute Gasteiger partial charge is 0.335 e. The number of carboxylic acid groups (broad SMARTS) is 2. The monoisotopic (exact) mass is 964 g/mol. The van der Waals surface area contributed by atoms with Crippen LogP contribution in [0.5, 0.6) is 0 Å². The van der Waals surface area contributed by atoms with Crippen molar-refractivity contribution in [2.75, 3.05) is 26.2 Å². The highest BCUT2D eigenvalue weighted by Gasteiger charge is 2.26. The van der Waals surface area contributed by atoms with Crippen molar-refractivity contribution in [2.45, 2.75) is 294 Å². The number of benzene rings is 2. The van der Waals surface area contributed by atoms with Gasteiger partial charge in [-0.3, -0.25) is 0 Å². The minimum absolute atomic E-state index is 0.130. The van der Waals surface area contributed by atoms with Crippen molar-refractivity contribution < 1.29 is 24.3 Å². The molecule has 68 heavy (non-hydrogen) atoms. The first-order chi connectivity index (χ1) is 33.3. The average molecular weight is 965 g/mol. The second-order valence-electron chi connectivity index (χ2n) is 20.7. The van der Waals surface area contributed by atoms with E-state index in [0.29, 0.717) is 0 Å². The van der Waals surface area contributed by atoms with Gasteiger partial charge in [0.1, 0.15) is 0 Å². The molecule has 392 valence electrons. The summed E-state index contributed by atoms with van der Waals surface area (Å²) in [5.41, 5.74) is 0.363. The van der Waals surface area contributed by atoms with Crippen LogP contribution >= 0.6 is 11.8 Å². The number of nitrogens with zero attached hydrogens (tertiary/aromatic N) is 1. The third-order valence-electron chi connectivity index (χ3n) is 14.4. The third-order valence-corrected chi connectivity index (χ3v) is 15.4. The predicted molar refractivity (Wildman–Crippen MR) is 295 cm³/mol. The van der Waals surface area contributed by atoms with E-state index in [-0.39, 0.29) is 11.1 Å². The van der Waals surface area contributed by atoms with Gasteiger partial charge < -0.3 is 19.5 Å². The highest BCUT2D eigenvalue weighted by Crippen LogP contribution is 2.28. The number of carbonyl (C=O) groups excluding carboxylic acids is 1. The molecule has 2 aromatic carbocycles. The van der Waals surface area contributed by atoms with Crippen molar-refractivity contribution >= 4 is 23.7 Å². The van der Waals surface area contributed by atoms with Crippen molar-refractivity contribution in [3.8, 4) is 0 Å². The van der Waals surface area contributed by atoms with Crippen molar-refractivity contribution in [1.29, 1.82) is 0 Å². The summed E-state index contributed by atoms with van der Waals surface area (Å²) >= 11 is 1.42. The molecule has 5 nitrogen and oxygen atoms in total. The van der Waals surface area contributed by atoms with Crippen molar-refractivity contribution in [3.63, 3.8) is 0 Å². The fourth-order valence-electron chi connectivity index (χ4n) is 9.87. The van der Waals surface area contributed by atoms with E-state index in [1.807, 2.05) is 0 Å². The molecular weight excluding hydrogens is 855 g/mol. The SMILES string of the molecule is CCCCCCCCCCCC[N+](CCCCCCCCCCCC)(CCCCCCCCCCCC)CCCCCCCCCCCC.O=C([O-])c1ccc(Sc2ccc(C(=O)O)cc2)cc1. The van der Waals surface area contributed by atoms with Crippen LogP contribution in [0.3, 0.4) is 0 Å². The summed E-state index contributed by atoms with van der Waals surface area (Å²) < 4.78 is 1.49. The Balaban J connectivity index is 0.000000998. The molecule has 0 aliphatic heterocycles. The standard InChI is InChI=1S/C48H100N.C14H10O4S/c1-5-9-13-17-21-25-29-33-37-41-45-49(46-42-38-34-30-26-22-18-14-10-6-2,47-43-39-35-31-27-23-19-15-11-7-3)48-44-40-36-32-28-24-20-16-12-8-4;15-13(16)9-1-5-11(6-2-9)19-12-7-3-10(4-8-12)14(17)18/h5-48H2,1-4H3;1-8H,(H,15,16)(H,17,18)/q+1;/p-1. The Kier molecular flexibility index (Phi) is 44.1. The molecule has 0 aliphatic carbocycles. The molecule has 6 heteroatoms. The zero-order valence-electron chi connectivity index (χ0n) is 45.3. The van der Waals surface area contributed by atoms with Gasteiger partial charge in [-0.25, -0.2) is 4.79 Å². The maximum atomic E-state index is 10.7. The van der Waals surface area contributed by atoms with Gasteiger partial charge in [0, 0.05) is 9.79 Å². The van der Waals surface area contributed by atoms with E-state index >= 15 is 0 Å². The van der Waals surface area contributed by atoms with Crippen LogP contribution in [-0.2, 0) is 0 Å². The van der Waals surface area contributed by atoms with Gasteiger partial charge in [0.2, 0.25) is 0 Å². The summed E-state index contributed by atoms with van der Waals surface area (Å²) in [4.78, 5) is 23.1. The molecular formula is C62H109NO4S. The molecule has 0 heterocycles. The topological polar surface area (TPSA) is 77.4 Å². The molecule has 0 aromatic heterocycles. The maximum absolute atomic E-state index is 10.7. The predicted octanol–water partition coefficient (Wildman–Crippen LogP) is 19.4. The molecule has 1 N–H and O–H groups in total. The summed E-state index contributed by atoms with van der Waals surface area (Å²) in [5.74, 6) is -2.17. The minimum atomic E-state index is -1.21. The van der Waals surface area contributed by atoms with Crippen LogP contribution in [0, 0.1) is 0 Å². The fraction of sp³-hybridized carbons (Fsp3) is 0.774. The molecule has 0 bridgehead atoms. The number of aromatic carboxylic acids is 2. The lowest BCUT2D eigenvalue weighted by Crippen LogP contribution is -2.50. The molecule has 0 unspecified atom stereocenters. The lowest BCUT2D eigenvalue weighted by molar-refractivity contribution is -0.929. The Morgan fingerprint density at radius 3 is 0.765 bits per heavy atom. The van der Waals surface area contributed by atoms with Gasteiger partial charge in [0.05, 0.1) is 37.7 Å². The van der Waals surface area contributed by atoms with Gasteiger partial charge in [-0.2, -0.15) is 0 Å². The zero-order valence-corrected chi connectivity index (χ0v) is 46.1. The number of hydrogen-bond donors (Lipinski definition) is 1. The van der Waals surface area contributed by atoms with Crippen LogP contribution in [0.1, 0.15) is 305 Å². The maximum Gasteiger partial charge on any atom is 0.335 e. The number of carbonyl (C=O) groups is 2. The van der Waals surface area contributed by atoms with Crippen molar-refractivity contribution in [3.05, 3.63) is 59.7 Å². The Bertz CT molecular complexity index is 1240. The summed E-state index contributed by atoms with van der Waals surface area (Å²) in [6.07, 6.45) is 58.7. The summed E-state index contributed by atoms with van der Waals surface area (Å²) in [7, 11) is 0. The van der Waals surface area contributed by atoms with E-state index in [2.05, 4.69) is 27.7 Å². The van der Waals surface area contributed by atoms with E-state index in [1.54, 1.807) is 24.3 Å². The van der Waals surface area contributed by atoms with Gasteiger partial charge in [-0.05, 0) is 93.3 Å². The minimum Gasteiger partial charge on any atom is -0.545 e. The Morgan fingerprint density at radius 2 is 0.559 bits per heavy atom. The summed E-state index contributed by atoms with van der Waals surface area (Å²) in [6.45, 7) is 15.3. The second-order valence-corrected chi connectivity index (χ2v) is 21.9. The molecule has 0 amide bonds. The molecule has 0 fully saturated rings. The summed E-state index contributed by atoms with van der Waals surface area (Å²) in [5, 5.41) is 19.4. The fourth-order valence-corrected chi connectivity index (χ4v) is 10.7. The molecule has 0 atom stereocenters. The first-order valence-corrected chi connectivity index (χ1v) is 30.3. The van der Waals surface area contributed by atoms with Crippen LogP contribution < -0.4 is 5.11 Å². The average Bonchev–Trinajstić information content (AvgIpc) is 3.34. The van der Waals surface area contributed by atoms with Crippen LogP contribution in [0.15, 0.2) is 58.3 Å². The highest BCUT2D eigenvalue weighted by atomic mass is 32.2. The number of rotatable bonds is 48. The Morgan fingerprint density at radius 1 is 0.353 bits per heavy atom. The van der Waals surface area contributed by atoms with E-state index in [0.717, 1.165) is 9.79 Å². The van der Waals surface area contributed by atoms with Gasteiger partial charge in [0.25, 0.3) is 0 Å². The van der Waals surface area contributed by atoms with E-state index in [9.17, 15) is 14.7 Å². The quantitative estimate of drug-likeness (QED) is 0.0528. The van der Waals surface area contributed by atoms with E-state index in [4.69, 9.17) is 5.11 Å². The second kappa shape index (κ2) is 47.0. The highest BCUT2D eigenvalue weighted by molar-refractivity contribution is 7.99. The number of carboxylic acids is 2. The van der Waals surface area contributed by atoms with Crippen LogP contribution in [0.4, 0.5) is 0 Å². The largest absolute Gasteiger partial charge is 0.545 e. The molecule has 2 rings (SSSR count). The summed E-state index contributed by atoms with van der Waals surface area (Å²) in [6, 6.07) is 12.8. The van der Waals surface area contributed by atoms with Crippen molar-refractivity contribution in [2.24, 2.45) is 0 Å². The van der Waals surface area contributed by atoms with Gasteiger partial charge >= 0.3 is 5.97 Å². The number of hydrogen-bond acceptors (Lipinski definition) is 4. The zero-order chi connectivity index (χ0) is 49.4. The third kappa shape index (κ3) is 37.5. The number of unbranched alkanes of at least 4 members (excludes halogenated alkanes) is 36. The molecule has 0 aliphatic rings.